The minimum atomic E-state index is 0.223. The zero-order chi connectivity index (χ0) is 9.68. The Kier molecular flexibility index (Phi) is 3.99. The van der Waals surface area contributed by atoms with Gasteiger partial charge in [-0.15, -0.1) is 0 Å². The van der Waals surface area contributed by atoms with Gasteiger partial charge in [-0.25, -0.2) is 0 Å². The van der Waals surface area contributed by atoms with Crippen molar-refractivity contribution in [3.05, 3.63) is 24.2 Å². The summed E-state index contributed by atoms with van der Waals surface area (Å²) in [6, 6.07) is 2.17. The van der Waals surface area contributed by atoms with E-state index in [1.165, 1.54) is 0 Å². The topological polar surface area (TPSA) is 34.4 Å². The first-order valence-corrected chi connectivity index (χ1v) is 4.55. The summed E-state index contributed by atoms with van der Waals surface area (Å²) in [5, 5.41) is 3.17. The molecule has 1 unspecified atom stereocenters. The molecule has 0 aliphatic heterocycles. The second-order valence-corrected chi connectivity index (χ2v) is 3.28. The first-order valence-electron chi connectivity index (χ1n) is 4.55. The molecule has 0 aliphatic rings. The molecule has 0 spiro atoms. The van der Waals surface area contributed by atoms with Crippen molar-refractivity contribution in [1.29, 1.82) is 0 Å². The predicted molar refractivity (Wildman–Crippen MR) is 51.6 cm³/mol. The maximum Gasteiger partial charge on any atom is 0.0951 e. The number of hydrogen-bond donors (Lipinski definition) is 1. The van der Waals surface area contributed by atoms with Crippen molar-refractivity contribution in [2.75, 3.05) is 13.7 Å². The summed E-state index contributed by atoms with van der Waals surface area (Å²) >= 11 is 0. The van der Waals surface area contributed by atoms with Crippen molar-refractivity contribution < 1.29 is 9.15 Å². The van der Waals surface area contributed by atoms with Crippen LogP contribution in [0.25, 0.3) is 0 Å². The smallest absolute Gasteiger partial charge is 0.0951 e. The number of hydrogen-bond acceptors (Lipinski definition) is 3. The normalized spacial score (nSPS) is 13.5. The minimum absolute atomic E-state index is 0.223. The lowest BCUT2D eigenvalue weighted by Gasteiger charge is -2.16. The van der Waals surface area contributed by atoms with Crippen molar-refractivity contribution >= 4 is 0 Å². The van der Waals surface area contributed by atoms with Crippen LogP contribution in [0.1, 0.15) is 25.5 Å². The van der Waals surface area contributed by atoms with E-state index in [1.807, 2.05) is 27.0 Å². The Bertz CT molecular complexity index is 219. The zero-order valence-electron chi connectivity index (χ0n) is 8.41. The van der Waals surface area contributed by atoms with E-state index in [0.717, 1.165) is 5.56 Å². The van der Waals surface area contributed by atoms with Crippen LogP contribution in [0.3, 0.4) is 0 Å². The zero-order valence-corrected chi connectivity index (χ0v) is 8.41. The molecule has 0 amide bonds. The highest BCUT2D eigenvalue weighted by molar-refractivity contribution is 5.11. The molecular formula is C10H17NO2. The molecule has 1 N–H and O–H groups in total. The number of rotatable bonds is 5. The van der Waals surface area contributed by atoms with Gasteiger partial charge in [-0.1, -0.05) is 0 Å². The largest absolute Gasteiger partial charge is 0.472 e. The van der Waals surface area contributed by atoms with Crippen LogP contribution in [-0.2, 0) is 4.74 Å². The highest BCUT2D eigenvalue weighted by Crippen LogP contribution is 2.13. The number of nitrogens with one attached hydrogen (secondary N) is 1. The monoisotopic (exact) mass is 183 g/mol. The van der Waals surface area contributed by atoms with Crippen LogP contribution in [-0.4, -0.2) is 19.8 Å². The van der Waals surface area contributed by atoms with E-state index >= 15 is 0 Å². The maximum atomic E-state index is 5.51. The van der Waals surface area contributed by atoms with Crippen LogP contribution in [0, 0.1) is 0 Å². The summed E-state index contributed by atoms with van der Waals surface area (Å²) in [4.78, 5) is 0. The number of likely N-dealkylation sites (N-methyl/N-ethyl adjacent to an activating group) is 1. The highest BCUT2D eigenvalue weighted by atomic mass is 16.5. The van der Waals surface area contributed by atoms with Crippen molar-refractivity contribution in [3.8, 4) is 0 Å². The molecule has 0 radical (unpaired) electrons. The van der Waals surface area contributed by atoms with Gasteiger partial charge >= 0.3 is 0 Å². The van der Waals surface area contributed by atoms with Crippen LogP contribution in [0.2, 0.25) is 0 Å². The van der Waals surface area contributed by atoms with Crippen molar-refractivity contribution in [3.63, 3.8) is 0 Å². The molecule has 1 heterocycles. The quantitative estimate of drug-likeness (QED) is 0.757. The minimum Gasteiger partial charge on any atom is -0.472 e. The van der Waals surface area contributed by atoms with E-state index in [9.17, 15) is 0 Å². The third-order valence-electron chi connectivity index (χ3n) is 1.89. The summed E-state index contributed by atoms with van der Waals surface area (Å²) in [5.74, 6) is 0. The SMILES string of the molecule is CNC(COC(C)C)c1ccoc1. The van der Waals surface area contributed by atoms with Gasteiger partial charge in [0.2, 0.25) is 0 Å². The van der Waals surface area contributed by atoms with E-state index in [2.05, 4.69) is 5.32 Å². The van der Waals surface area contributed by atoms with E-state index in [1.54, 1.807) is 12.5 Å². The van der Waals surface area contributed by atoms with Gasteiger partial charge in [0, 0.05) is 5.56 Å². The van der Waals surface area contributed by atoms with Gasteiger partial charge in [0.25, 0.3) is 0 Å². The molecule has 3 nitrogen and oxygen atoms in total. The molecule has 0 saturated carbocycles. The van der Waals surface area contributed by atoms with Crippen LogP contribution in [0.15, 0.2) is 23.0 Å². The Hall–Kier alpha value is -0.800. The Morgan fingerprint density at radius 2 is 2.31 bits per heavy atom. The number of furan rings is 1. The van der Waals surface area contributed by atoms with Crippen LogP contribution in [0.4, 0.5) is 0 Å². The van der Waals surface area contributed by atoms with E-state index in [0.29, 0.717) is 6.61 Å². The molecule has 3 heteroatoms. The lowest BCUT2D eigenvalue weighted by atomic mass is 10.2. The Morgan fingerprint density at radius 1 is 1.54 bits per heavy atom. The molecule has 1 atom stereocenters. The van der Waals surface area contributed by atoms with Gasteiger partial charge < -0.3 is 14.5 Å². The van der Waals surface area contributed by atoms with Gasteiger partial charge in [-0.05, 0) is 27.0 Å². The fraction of sp³-hybridized carbons (Fsp3) is 0.600. The first kappa shape index (κ1) is 10.3. The fourth-order valence-corrected chi connectivity index (χ4v) is 1.11. The van der Waals surface area contributed by atoms with Crippen molar-refractivity contribution in [2.45, 2.75) is 26.0 Å². The molecular weight excluding hydrogens is 166 g/mol. The van der Waals surface area contributed by atoms with Crippen LogP contribution in [0.5, 0.6) is 0 Å². The molecule has 1 aromatic heterocycles. The van der Waals surface area contributed by atoms with Gasteiger partial charge in [-0.3, -0.25) is 0 Å². The third-order valence-corrected chi connectivity index (χ3v) is 1.89. The van der Waals surface area contributed by atoms with Crippen LogP contribution < -0.4 is 5.32 Å². The lowest BCUT2D eigenvalue weighted by molar-refractivity contribution is 0.0625. The molecule has 0 bridgehead atoms. The molecule has 13 heavy (non-hydrogen) atoms. The molecule has 1 aromatic rings. The Morgan fingerprint density at radius 3 is 2.77 bits per heavy atom. The van der Waals surface area contributed by atoms with Gasteiger partial charge in [0.05, 0.1) is 31.3 Å². The predicted octanol–water partition coefficient (Wildman–Crippen LogP) is 1.97. The summed E-state index contributed by atoms with van der Waals surface area (Å²) in [5.41, 5.74) is 1.13. The van der Waals surface area contributed by atoms with Crippen molar-refractivity contribution in [2.24, 2.45) is 0 Å². The molecule has 0 aliphatic carbocycles. The molecule has 0 saturated heterocycles. The standard InChI is InChI=1S/C10H17NO2/c1-8(2)13-7-10(11-3)9-4-5-12-6-9/h4-6,8,10-11H,7H2,1-3H3. The average molecular weight is 183 g/mol. The van der Waals surface area contributed by atoms with Gasteiger partial charge in [-0.2, -0.15) is 0 Å². The number of ether oxygens (including phenoxy) is 1. The summed E-state index contributed by atoms with van der Waals surface area (Å²) in [6.45, 7) is 4.73. The Labute approximate surface area is 79.1 Å². The van der Waals surface area contributed by atoms with Crippen molar-refractivity contribution in [1.82, 2.24) is 5.32 Å². The van der Waals surface area contributed by atoms with Crippen LogP contribution >= 0.6 is 0 Å². The van der Waals surface area contributed by atoms with E-state index < -0.39 is 0 Å². The van der Waals surface area contributed by atoms with Gasteiger partial charge in [0.1, 0.15) is 0 Å². The third kappa shape index (κ3) is 3.20. The Balaban J connectivity index is 2.44. The molecule has 1 rings (SSSR count). The highest BCUT2D eigenvalue weighted by Gasteiger charge is 2.10. The summed E-state index contributed by atoms with van der Waals surface area (Å²) in [7, 11) is 1.92. The first-order chi connectivity index (χ1) is 6.24. The maximum absolute atomic E-state index is 5.51. The molecule has 0 aromatic carbocycles. The lowest BCUT2D eigenvalue weighted by Crippen LogP contribution is -2.22. The van der Waals surface area contributed by atoms with E-state index in [4.69, 9.17) is 9.15 Å². The summed E-state index contributed by atoms with van der Waals surface area (Å²) < 4.78 is 10.5. The molecule has 74 valence electrons. The summed E-state index contributed by atoms with van der Waals surface area (Å²) in [6.07, 6.45) is 3.68. The fourth-order valence-electron chi connectivity index (χ4n) is 1.11. The molecule has 0 fully saturated rings. The second-order valence-electron chi connectivity index (χ2n) is 3.28. The van der Waals surface area contributed by atoms with E-state index in [-0.39, 0.29) is 12.1 Å². The average Bonchev–Trinajstić information content (AvgIpc) is 2.58. The van der Waals surface area contributed by atoms with Gasteiger partial charge in [0.15, 0.2) is 0 Å². The second kappa shape index (κ2) is 5.04.